The molecular weight excluding hydrogens is 240 g/mol. The molecule has 0 heterocycles. The molecule has 2 amide bonds. The van der Waals surface area contributed by atoms with Crippen molar-refractivity contribution in [3.63, 3.8) is 0 Å². The first-order valence-corrected chi connectivity index (χ1v) is 6.20. The van der Waals surface area contributed by atoms with Crippen LogP contribution in [0.25, 0.3) is 0 Å². The van der Waals surface area contributed by atoms with Crippen LogP contribution in [-0.2, 0) is 0 Å². The van der Waals surface area contributed by atoms with Crippen molar-refractivity contribution >= 4 is 11.7 Å². The molecule has 19 heavy (non-hydrogen) atoms. The molecular formula is C14H20N4O. The highest BCUT2D eigenvalue weighted by Crippen LogP contribution is 2.15. The van der Waals surface area contributed by atoms with E-state index in [1.54, 1.807) is 24.3 Å². The molecule has 4 N–H and O–H groups in total. The average molecular weight is 260 g/mol. The molecule has 0 saturated heterocycles. The van der Waals surface area contributed by atoms with Gasteiger partial charge in [-0.25, -0.2) is 4.79 Å². The molecule has 0 aromatic heterocycles. The third kappa shape index (κ3) is 3.97. The molecule has 0 aliphatic heterocycles. The smallest absolute Gasteiger partial charge is 0.319 e. The van der Waals surface area contributed by atoms with E-state index in [0.717, 1.165) is 0 Å². The van der Waals surface area contributed by atoms with Gasteiger partial charge < -0.3 is 16.4 Å². The molecule has 0 saturated carbocycles. The van der Waals surface area contributed by atoms with E-state index in [2.05, 4.69) is 10.6 Å². The lowest BCUT2D eigenvalue weighted by molar-refractivity contribution is 0.225. The lowest BCUT2D eigenvalue weighted by atomic mass is 9.89. The third-order valence-electron chi connectivity index (χ3n) is 3.35. The molecule has 1 aromatic rings. The van der Waals surface area contributed by atoms with Crippen LogP contribution < -0.4 is 16.4 Å². The summed E-state index contributed by atoms with van der Waals surface area (Å²) in [7, 11) is 0. The van der Waals surface area contributed by atoms with Crippen LogP contribution in [0.4, 0.5) is 10.5 Å². The molecule has 5 heteroatoms. The molecule has 1 aromatic carbocycles. The van der Waals surface area contributed by atoms with E-state index in [1.807, 2.05) is 26.8 Å². The minimum atomic E-state index is -0.461. The average Bonchev–Trinajstić information content (AvgIpc) is 2.38. The van der Waals surface area contributed by atoms with Gasteiger partial charge in [-0.2, -0.15) is 5.26 Å². The molecule has 0 fully saturated rings. The van der Waals surface area contributed by atoms with Crippen LogP contribution in [-0.4, -0.2) is 18.1 Å². The van der Waals surface area contributed by atoms with Crippen molar-refractivity contribution in [3.05, 3.63) is 29.8 Å². The Morgan fingerprint density at radius 2 is 2.21 bits per heavy atom. The predicted octanol–water partition coefficient (Wildman–Crippen LogP) is 2.05. The summed E-state index contributed by atoms with van der Waals surface area (Å²) in [5.74, 6) is 0.216. The Morgan fingerprint density at radius 3 is 2.74 bits per heavy atom. The second-order valence-electron chi connectivity index (χ2n) is 5.05. The van der Waals surface area contributed by atoms with E-state index >= 15 is 0 Å². The van der Waals surface area contributed by atoms with Crippen LogP contribution in [0.2, 0.25) is 0 Å². The molecule has 0 radical (unpaired) electrons. The quantitative estimate of drug-likeness (QED) is 0.773. The Hall–Kier alpha value is -2.06. The van der Waals surface area contributed by atoms with E-state index in [1.165, 1.54) is 0 Å². The van der Waals surface area contributed by atoms with E-state index in [-0.39, 0.29) is 11.9 Å². The monoisotopic (exact) mass is 260 g/mol. The molecule has 0 aliphatic rings. The number of urea groups is 1. The van der Waals surface area contributed by atoms with Crippen LogP contribution in [0.3, 0.4) is 0 Å². The van der Waals surface area contributed by atoms with Gasteiger partial charge in [-0.1, -0.05) is 19.9 Å². The maximum absolute atomic E-state index is 11.9. The fourth-order valence-corrected chi connectivity index (χ4v) is 1.52. The Bertz CT molecular complexity index is 492. The number of nitrogens with zero attached hydrogens (tertiary/aromatic N) is 1. The normalized spacial score (nSPS) is 13.5. The number of hydrogen-bond donors (Lipinski definition) is 3. The number of anilines is 1. The number of carbonyl (C=O) groups excluding carboxylic acids is 1. The zero-order valence-electron chi connectivity index (χ0n) is 11.5. The number of hydrogen-bond acceptors (Lipinski definition) is 3. The van der Waals surface area contributed by atoms with Gasteiger partial charge in [0.2, 0.25) is 0 Å². The number of nitrogens with one attached hydrogen (secondary N) is 2. The number of amides is 2. The van der Waals surface area contributed by atoms with E-state index < -0.39 is 5.54 Å². The van der Waals surface area contributed by atoms with Crippen LogP contribution >= 0.6 is 0 Å². The predicted molar refractivity (Wildman–Crippen MR) is 75.6 cm³/mol. The second-order valence-corrected chi connectivity index (χ2v) is 5.05. The number of carbonyl (C=O) groups is 1. The van der Waals surface area contributed by atoms with Crippen molar-refractivity contribution in [2.75, 3.05) is 11.9 Å². The molecule has 0 bridgehead atoms. The molecule has 1 unspecified atom stereocenters. The Balaban J connectivity index is 2.72. The van der Waals surface area contributed by atoms with E-state index in [4.69, 9.17) is 11.0 Å². The summed E-state index contributed by atoms with van der Waals surface area (Å²) in [6, 6.07) is 8.46. The topological polar surface area (TPSA) is 90.9 Å². The number of benzene rings is 1. The van der Waals surface area contributed by atoms with Crippen molar-refractivity contribution < 1.29 is 4.79 Å². The molecule has 1 atom stereocenters. The summed E-state index contributed by atoms with van der Waals surface area (Å²) in [6.07, 6.45) is 0. The summed E-state index contributed by atoms with van der Waals surface area (Å²) in [6.45, 7) is 6.27. The molecule has 0 spiro atoms. The first-order valence-electron chi connectivity index (χ1n) is 6.20. The largest absolute Gasteiger partial charge is 0.331 e. The van der Waals surface area contributed by atoms with Crippen LogP contribution in [0, 0.1) is 17.2 Å². The highest BCUT2D eigenvalue weighted by molar-refractivity contribution is 5.90. The molecule has 0 aliphatic carbocycles. The van der Waals surface area contributed by atoms with Gasteiger partial charge >= 0.3 is 6.03 Å². The number of nitrogens with two attached hydrogens (primary N) is 1. The van der Waals surface area contributed by atoms with E-state index in [0.29, 0.717) is 17.8 Å². The summed E-state index contributed by atoms with van der Waals surface area (Å²) in [5, 5.41) is 14.4. The minimum Gasteiger partial charge on any atom is -0.331 e. The van der Waals surface area contributed by atoms with Gasteiger partial charge in [-0.05, 0) is 31.0 Å². The van der Waals surface area contributed by atoms with Crippen molar-refractivity contribution in [1.29, 1.82) is 5.26 Å². The molecule has 1 rings (SSSR count). The van der Waals surface area contributed by atoms with Gasteiger partial charge in [0.1, 0.15) is 0 Å². The Labute approximate surface area is 113 Å². The van der Waals surface area contributed by atoms with Crippen LogP contribution in [0.15, 0.2) is 24.3 Å². The van der Waals surface area contributed by atoms with Crippen LogP contribution in [0.1, 0.15) is 26.3 Å². The van der Waals surface area contributed by atoms with Crippen molar-refractivity contribution in [3.8, 4) is 6.07 Å². The minimum absolute atomic E-state index is 0.216. The van der Waals surface area contributed by atoms with E-state index in [9.17, 15) is 4.79 Å². The fraction of sp³-hybridized carbons (Fsp3) is 0.429. The van der Waals surface area contributed by atoms with Crippen molar-refractivity contribution in [2.24, 2.45) is 11.7 Å². The van der Waals surface area contributed by atoms with Gasteiger partial charge in [-0.3, -0.25) is 0 Å². The van der Waals surface area contributed by atoms with Gasteiger partial charge in [0, 0.05) is 12.2 Å². The van der Waals surface area contributed by atoms with Crippen molar-refractivity contribution in [1.82, 2.24) is 5.32 Å². The molecule has 5 nitrogen and oxygen atoms in total. The molecule has 102 valence electrons. The van der Waals surface area contributed by atoms with Gasteiger partial charge in [-0.15, -0.1) is 0 Å². The lowest BCUT2D eigenvalue weighted by Crippen LogP contribution is -2.56. The Kier molecular flexibility index (Phi) is 4.90. The lowest BCUT2D eigenvalue weighted by Gasteiger charge is -2.33. The summed E-state index contributed by atoms with van der Waals surface area (Å²) < 4.78 is 0. The Morgan fingerprint density at radius 1 is 1.53 bits per heavy atom. The highest BCUT2D eigenvalue weighted by Gasteiger charge is 2.28. The summed E-state index contributed by atoms with van der Waals surface area (Å²) >= 11 is 0. The number of rotatable bonds is 4. The zero-order valence-corrected chi connectivity index (χ0v) is 11.5. The van der Waals surface area contributed by atoms with Crippen LogP contribution in [0.5, 0.6) is 0 Å². The first-order chi connectivity index (χ1) is 8.91. The second kappa shape index (κ2) is 6.21. The fourth-order valence-electron chi connectivity index (χ4n) is 1.52. The zero-order chi connectivity index (χ0) is 14.5. The van der Waals surface area contributed by atoms with Gasteiger partial charge in [0.05, 0.1) is 17.2 Å². The SMILES string of the molecule is CC(C)C(C)(CN)NC(=O)Nc1cccc(C#N)c1. The maximum atomic E-state index is 11.9. The van der Waals surface area contributed by atoms with Gasteiger partial charge in [0.25, 0.3) is 0 Å². The van der Waals surface area contributed by atoms with Gasteiger partial charge in [0.15, 0.2) is 0 Å². The maximum Gasteiger partial charge on any atom is 0.319 e. The third-order valence-corrected chi connectivity index (χ3v) is 3.35. The number of nitriles is 1. The van der Waals surface area contributed by atoms with Crippen molar-refractivity contribution in [2.45, 2.75) is 26.3 Å². The first kappa shape index (κ1) is 15.0. The highest BCUT2D eigenvalue weighted by atomic mass is 16.2. The summed E-state index contributed by atoms with van der Waals surface area (Å²) in [5.41, 5.74) is 6.33. The summed E-state index contributed by atoms with van der Waals surface area (Å²) in [4.78, 5) is 11.9. The standard InChI is InChI=1S/C14H20N4O/c1-10(2)14(3,9-16)18-13(19)17-12-6-4-5-11(7-12)8-15/h4-7,10H,9,16H2,1-3H3,(H2,17,18,19).